The molecule has 0 bridgehead atoms. The number of hydrogen-bond acceptors (Lipinski definition) is 3. The Morgan fingerprint density at radius 1 is 1.39 bits per heavy atom. The molecule has 106 valence electrons. The number of aliphatic hydroxyl groups is 1. The predicted octanol–water partition coefficient (Wildman–Crippen LogP) is 1.34. The predicted molar refractivity (Wildman–Crippen MR) is 62.4 cm³/mol. The summed E-state index contributed by atoms with van der Waals surface area (Å²) in [6.07, 6.45) is -1.11. The van der Waals surface area contributed by atoms with E-state index in [0.29, 0.717) is 13.0 Å². The number of rotatable bonds is 4. The van der Waals surface area contributed by atoms with Crippen LogP contribution in [0.25, 0.3) is 0 Å². The van der Waals surface area contributed by atoms with Crippen LogP contribution in [0.4, 0.5) is 13.2 Å². The first-order valence-corrected chi connectivity index (χ1v) is 6.11. The molecule has 1 saturated heterocycles. The summed E-state index contributed by atoms with van der Waals surface area (Å²) in [5, 5.41) is 16.3. The van der Waals surface area contributed by atoms with E-state index in [1.165, 1.54) is 0 Å². The minimum Gasteiger partial charge on any atom is -0.395 e. The summed E-state index contributed by atoms with van der Waals surface area (Å²) in [7, 11) is 0. The fourth-order valence-corrected chi connectivity index (χ4v) is 2.30. The van der Waals surface area contributed by atoms with Crippen LogP contribution in [0.5, 0.6) is 0 Å². The Morgan fingerprint density at radius 2 is 2.06 bits per heavy atom. The molecular weight excluding hydrogens is 247 g/mol. The van der Waals surface area contributed by atoms with Crippen molar-refractivity contribution in [2.24, 2.45) is 11.7 Å². The molecule has 0 spiro atoms. The Bertz CT molecular complexity index is 283. The quantitative estimate of drug-likeness (QED) is 0.531. The number of halogens is 3. The summed E-state index contributed by atoms with van der Waals surface area (Å²) < 4.78 is 38.2. The number of alkyl halides is 3. The van der Waals surface area contributed by atoms with Crippen molar-refractivity contribution in [2.45, 2.75) is 37.9 Å². The molecule has 18 heavy (non-hydrogen) atoms. The number of aliphatic hydroxyl groups excluding tert-OH is 1. The molecule has 0 radical (unpaired) electrons. The fourth-order valence-electron chi connectivity index (χ4n) is 2.30. The zero-order valence-corrected chi connectivity index (χ0v) is 10.2. The molecule has 7 heteroatoms. The molecule has 0 aliphatic carbocycles. The summed E-state index contributed by atoms with van der Waals surface area (Å²) in [5.74, 6) is -2.80. The van der Waals surface area contributed by atoms with Crippen LogP contribution in [-0.4, -0.2) is 47.8 Å². The molecule has 1 fully saturated rings. The zero-order chi connectivity index (χ0) is 13.8. The van der Waals surface area contributed by atoms with Crippen LogP contribution in [0.1, 0.15) is 25.7 Å². The normalized spacial score (nSPS) is 24.6. The number of nitrogens with zero attached hydrogens (tertiary/aromatic N) is 1. The van der Waals surface area contributed by atoms with Gasteiger partial charge in [0.15, 0.2) is 0 Å². The van der Waals surface area contributed by atoms with Crippen molar-refractivity contribution >= 4 is 5.84 Å². The van der Waals surface area contributed by atoms with Gasteiger partial charge in [-0.25, -0.2) is 0 Å². The Kier molecular flexibility index (Phi) is 5.40. The van der Waals surface area contributed by atoms with Crippen molar-refractivity contribution in [2.75, 3.05) is 19.7 Å². The minimum atomic E-state index is -4.50. The molecule has 4 N–H and O–H groups in total. The van der Waals surface area contributed by atoms with Gasteiger partial charge in [-0.15, -0.1) is 0 Å². The van der Waals surface area contributed by atoms with Crippen LogP contribution in [-0.2, 0) is 0 Å². The van der Waals surface area contributed by atoms with Crippen molar-refractivity contribution in [1.29, 1.82) is 5.41 Å². The summed E-state index contributed by atoms with van der Waals surface area (Å²) >= 11 is 0. The molecule has 0 saturated carbocycles. The third-order valence-electron chi connectivity index (χ3n) is 3.40. The van der Waals surface area contributed by atoms with E-state index in [4.69, 9.17) is 11.1 Å². The first kappa shape index (κ1) is 15.2. The highest BCUT2D eigenvalue weighted by atomic mass is 19.4. The van der Waals surface area contributed by atoms with Crippen LogP contribution in [0.15, 0.2) is 0 Å². The molecule has 0 aromatic carbocycles. The standard InChI is InChI=1S/C11H20F3N3O/c12-11(13,14)9(10(15)16)6-17-5-3-1-2-4-8(17)7-18/h8-9,18H,1-7H2,(H3,15,16). The highest BCUT2D eigenvalue weighted by molar-refractivity contribution is 5.80. The van der Waals surface area contributed by atoms with E-state index < -0.39 is 17.9 Å². The van der Waals surface area contributed by atoms with Crippen LogP contribution in [0, 0.1) is 11.3 Å². The van der Waals surface area contributed by atoms with Gasteiger partial charge < -0.3 is 10.8 Å². The van der Waals surface area contributed by atoms with Gasteiger partial charge in [0.2, 0.25) is 0 Å². The SMILES string of the molecule is N=C(N)C(CN1CCCCCC1CO)C(F)(F)F. The van der Waals surface area contributed by atoms with E-state index in [-0.39, 0.29) is 19.2 Å². The van der Waals surface area contributed by atoms with Gasteiger partial charge >= 0.3 is 6.18 Å². The van der Waals surface area contributed by atoms with Crippen molar-refractivity contribution in [3.63, 3.8) is 0 Å². The third kappa shape index (κ3) is 4.13. The Balaban J connectivity index is 2.74. The molecule has 1 aliphatic rings. The topological polar surface area (TPSA) is 73.3 Å². The molecule has 1 aliphatic heterocycles. The number of nitrogens with one attached hydrogen (secondary N) is 1. The van der Waals surface area contributed by atoms with Crippen LogP contribution < -0.4 is 5.73 Å². The monoisotopic (exact) mass is 267 g/mol. The first-order valence-electron chi connectivity index (χ1n) is 6.11. The van der Waals surface area contributed by atoms with E-state index in [9.17, 15) is 18.3 Å². The molecule has 0 amide bonds. The average molecular weight is 267 g/mol. The minimum absolute atomic E-state index is 0.150. The van der Waals surface area contributed by atoms with Crippen LogP contribution in [0.2, 0.25) is 0 Å². The van der Waals surface area contributed by atoms with Crippen LogP contribution in [0.3, 0.4) is 0 Å². The maximum atomic E-state index is 12.7. The first-order chi connectivity index (χ1) is 8.36. The molecule has 1 rings (SSSR count). The molecule has 0 aromatic heterocycles. The molecule has 4 nitrogen and oxygen atoms in total. The molecule has 1 heterocycles. The summed E-state index contributed by atoms with van der Waals surface area (Å²) in [4.78, 5) is 1.62. The van der Waals surface area contributed by atoms with E-state index in [2.05, 4.69) is 0 Å². The fraction of sp³-hybridized carbons (Fsp3) is 0.909. The Hall–Kier alpha value is -0.820. The van der Waals surface area contributed by atoms with Gasteiger partial charge in [-0.1, -0.05) is 12.8 Å². The third-order valence-corrected chi connectivity index (χ3v) is 3.40. The highest BCUT2D eigenvalue weighted by Gasteiger charge is 2.43. The summed E-state index contributed by atoms with van der Waals surface area (Å²) in [6, 6.07) is -0.253. The van der Waals surface area contributed by atoms with Crippen molar-refractivity contribution < 1.29 is 18.3 Å². The van der Waals surface area contributed by atoms with E-state index in [1.54, 1.807) is 4.90 Å². The zero-order valence-electron chi connectivity index (χ0n) is 10.2. The second-order valence-electron chi connectivity index (χ2n) is 4.73. The smallest absolute Gasteiger partial charge is 0.395 e. The van der Waals surface area contributed by atoms with Gasteiger partial charge in [0.05, 0.1) is 6.61 Å². The lowest BCUT2D eigenvalue weighted by Crippen LogP contribution is -2.48. The number of nitrogens with two attached hydrogens (primary N) is 1. The lowest BCUT2D eigenvalue weighted by atomic mass is 10.1. The van der Waals surface area contributed by atoms with Gasteiger partial charge in [-0.3, -0.25) is 10.3 Å². The van der Waals surface area contributed by atoms with Gasteiger partial charge in [0.25, 0.3) is 0 Å². The van der Waals surface area contributed by atoms with Crippen molar-refractivity contribution in [1.82, 2.24) is 4.90 Å². The maximum Gasteiger partial charge on any atom is 0.399 e. The average Bonchev–Trinajstić information content (AvgIpc) is 2.48. The molecular formula is C11H20F3N3O. The number of hydrogen-bond donors (Lipinski definition) is 3. The van der Waals surface area contributed by atoms with E-state index >= 15 is 0 Å². The largest absolute Gasteiger partial charge is 0.399 e. The van der Waals surface area contributed by atoms with Crippen molar-refractivity contribution in [3.8, 4) is 0 Å². The molecule has 2 unspecified atom stereocenters. The second kappa shape index (κ2) is 6.38. The van der Waals surface area contributed by atoms with Crippen molar-refractivity contribution in [3.05, 3.63) is 0 Å². The van der Waals surface area contributed by atoms with Gasteiger partial charge in [-0.05, 0) is 19.4 Å². The van der Waals surface area contributed by atoms with Gasteiger partial charge in [0, 0.05) is 12.6 Å². The van der Waals surface area contributed by atoms with Gasteiger partial charge in [0.1, 0.15) is 11.8 Å². The summed E-state index contributed by atoms with van der Waals surface area (Å²) in [5.41, 5.74) is 5.04. The molecule has 0 aromatic rings. The Labute approximate surface area is 104 Å². The van der Waals surface area contributed by atoms with Crippen LogP contribution >= 0.6 is 0 Å². The summed E-state index contributed by atoms with van der Waals surface area (Å²) in [6.45, 7) is 0.0393. The lowest BCUT2D eigenvalue weighted by Gasteiger charge is -2.32. The number of amidine groups is 1. The second-order valence-corrected chi connectivity index (χ2v) is 4.73. The van der Waals surface area contributed by atoms with E-state index in [1.807, 2.05) is 0 Å². The Morgan fingerprint density at radius 3 is 2.56 bits per heavy atom. The number of likely N-dealkylation sites (tertiary alicyclic amines) is 1. The molecule has 2 atom stereocenters. The van der Waals surface area contributed by atoms with Gasteiger partial charge in [-0.2, -0.15) is 13.2 Å². The van der Waals surface area contributed by atoms with E-state index in [0.717, 1.165) is 19.3 Å². The highest BCUT2D eigenvalue weighted by Crippen LogP contribution is 2.28. The lowest BCUT2D eigenvalue weighted by molar-refractivity contribution is -0.161. The maximum absolute atomic E-state index is 12.7.